The zero-order valence-electron chi connectivity index (χ0n) is 16.8. The molecule has 0 spiro atoms. The van der Waals surface area contributed by atoms with Gasteiger partial charge in [-0.1, -0.05) is 12.1 Å². The Morgan fingerprint density at radius 2 is 1.84 bits per heavy atom. The lowest BCUT2D eigenvalue weighted by atomic mass is 10.1. The normalized spacial score (nSPS) is 10.5. The fourth-order valence-electron chi connectivity index (χ4n) is 3.04. The van der Waals surface area contributed by atoms with E-state index in [-0.39, 0.29) is 5.91 Å². The SMILES string of the molecule is CNC(=O)c1cccnc1Nc1cnc(NN)c(NCc2ccc3ncccc3c2)n1. The van der Waals surface area contributed by atoms with Crippen molar-refractivity contribution in [1.29, 1.82) is 0 Å². The molecular formula is C21H21N9O. The highest BCUT2D eigenvalue weighted by Gasteiger charge is 2.13. The number of pyridine rings is 2. The molecular weight excluding hydrogens is 394 g/mol. The molecule has 31 heavy (non-hydrogen) atoms. The fraction of sp³-hybridized carbons (Fsp3) is 0.0952. The number of nitrogen functional groups attached to an aromatic ring is 1. The molecule has 1 aromatic carbocycles. The number of nitrogens with zero attached hydrogens (tertiary/aromatic N) is 4. The third kappa shape index (κ3) is 4.49. The molecule has 0 aliphatic carbocycles. The van der Waals surface area contributed by atoms with Gasteiger partial charge < -0.3 is 21.4 Å². The van der Waals surface area contributed by atoms with Gasteiger partial charge >= 0.3 is 0 Å². The molecule has 4 aromatic rings. The second-order valence-corrected chi connectivity index (χ2v) is 6.58. The van der Waals surface area contributed by atoms with E-state index in [2.05, 4.69) is 47.4 Å². The van der Waals surface area contributed by atoms with Crippen LogP contribution in [-0.2, 0) is 6.54 Å². The first-order valence-electron chi connectivity index (χ1n) is 9.53. The molecule has 6 N–H and O–H groups in total. The smallest absolute Gasteiger partial charge is 0.254 e. The first-order valence-corrected chi connectivity index (χ1v) is 9.53. The second kappa shape index (κ2) is 9.01. The number of hydrazine groups is 1. The first-order chi connectivity index (χ1) is 15.2. The van der Waals surface area contributed by atoms with Crippen molar-refractivity contribution < 1.29 is 4.79 Å². The summed E-state index contributed by atoms with van der Waals surface area (Å²) in [5.74, 6) is 6.96. The summed E-state index contributed by atoms with van der Waals surface area (Å²) in [7, 11) is 1.56. The number of nitrogens with two attached hydrogens (primary N) is 1. The van der Waals surface area contributed by atoms with Gasteiger partial charge in [-0.3, -0.25) is 9.78 Å². The van der Waals surface area contributed by atoms with Gasteiger partial charge in [0.1, 0.15) is 5.82 Å². The van der Waals surface area contributed by atoms with Crippen LogP contribution in [0, 0.1) is 0 Å². The Kier molecular flexibility index (Phi) is 5.81. The van der Waals surface area contributed by atoms with Crippen LogP contribution in [-0.4, -0.2) is 32.9 Å². The van der Waals surface area contributed by atoms with E-state index in [1.54, 1.807) is 31.6 Å². The zero-order valence-corrected chi connectivity index (χ0v) is 16.8. The molecule has 4 rings (SSSR count). The molecule has 1 amide bonds. The van der Waals surface area contributed by atoms with E-state index in [0.717, 1.165) is 16.5 Å². The Morgan fingerprint density at radius 1 is 1.00 bits per heavy atom. The number of fused-ring (bicyclic) bond motifs is 1. The van der Waals surface area contributed by atoms with Gasteiger partial charge in [0.2, 0.25) is 0 Å². The van der Waals surface area contributed by atoms with Crippen molar-refractivity contribution >= 4 is 40.1 Å². The van der Waals surface area contributed by atoms with E-state index in [0.29, 0.717) is 35.4 Å². The third-order valence-electron chi connectivity index (χ3n) is 4.56. The minimum absolute atomic E-state index is 0.257. The maximum absolute atomic E-state index is 12.1. The van der Waals surface area contributed by atoms with Crippen molar-refractivity contribution in [3.8, 4) is 0 Å². The van der Waals surface area contributed by atoms with E-state index in [1.165, 1.54) is 6.20 Å². The van der Waals surface area contributed by atoms with Gasteiger partial charge in [0.05, 0.1) is 17.3 Å². The van der Waals surface area contributed by atoms with Gasteiger partial charge in [-0.2, -0.15) is 0 Å². The summed E-state index contributed by atoms with van der Waals surface area (Å²) in [5.41, 5.74) is 4.92. The average Bonchev–Trinajstić information content (AvgIpc) is 2.82. The summed E-state index contributed by atoms with van der Waals surface area (Å²) in [5, 5.41) is 9.93. The average molecular weight is 415 g/mol. The maximum atomic E-state index is 12.1. The second-order valence-electron chi connectivity index (χ2n) is 6.58. The molecule has 10 heteroatoms. The summed E-state index contributed by atoms with van der Waals surface area (Å²) in [6.45, 7) is 0.505. The standard InChI is InChI=1S/C21H21N9O/c1-23-21(31)15-5-3-9-25-18(15)28-17-12-27-20(30-22)19(29-17)26-11-13-6-7-16-14(10-13)4-2-8-24-16/h2-10,12H,11,22H2,1H3,(H,23,31)(H,27,30)(H2,25,26,28,29). The summed E-state index contributed by atoms with van der Waals surface area (Å²) < 4.78 is 0. The van der Waals surface area contributed by atoms with Gasteiger partial charge in [0.25, 0.3) is 5.91 Å². The number of aromatic nitrogens is 4. The lowest BCUT2D eigenvalue weighted by Crippen LogP contribution is -2.20. The van der Waals surface area contributed by atoms with Crippen LogP contribution in [0.5, 0.6) is 0 Å². The molecule has 0 aliphatic rings. The molecule has 3 heterocycles. The zero-order chi connectivity index (χ0) is 21.6. The molecule has 0 bridgehead atoms. The van der Waals surface area contributed by atoms with Crippen LogP contribution in [0.25, 0.3) is 10.9 Å². The number of carbonyl (C=O) groups is 1. The number of nitrogens with one attached hydrogen (secondary N) is 4. The van der Waals surface area contributed by atoms with Crippen LogP contribution >= 0.6 is 0 Å². The first kappa shape index (κ1) is 20.0. The Bertz CT molecular complexity index is 1230. The highest BCUT2D eigenvalue weighted by molar-refractivity contribution is 5.99. The van der Waals surface area contributed by atoms with Crippen molar-refractivity contribution in [3.05, 3.63) is 72.2 Å². The van der Waals surface area contributed by atoms with Gasteiger partial charge in [0.15, 0.2) is 17.5 Å². The van der Waals surface area contributed by atoms with Crippen molar-refractivity contribution in [2.45, 2.75) is 6.54 Å². The number of hydrogen-bond acceptors (Lipinski definition) is 9. The Morgan fingerprint density at radius 3 is 2.68 bits per heavy atom. The summed E-state index contributed by atoms with van der Waals surface area (Å²) >= 11 is 0. The van der Waals surface area contributed by atoms with E-state index in [1.807, 2.05) is 24.3 Å². The predicted molar refractivity (Wildman–Crippen MR) is 120 cm³/mol. The number of hydrogen-bond donors (Lipinski definition) is 5. The molecule has 0 saturated carbocycles. The lowest BCUT2D eigenvalue weighted by molar-refractivity contribution is 0.0963. The molecule has 0 atom stereocenters. The van der Waals surface area contributed by atoms with Crippen LogP contribution in [0.4, 0.5) is 23.3 Å². The molecule has 3 aromatic heterocycles. The van der Waals surface area contributed by atoms with Crippen molar-refractivity contribution in [2.75, 3.05) is 23.1 Å². The van der Waals surface area contributed by atoms with Crippen molar-refractivity contribution in [2.24, 2.45) is 5.84 Å². The molecule has 0 aliphatic heterocycles. The minimum Gasteiger partial charge on any atom is -0.363 e. The molecule has 156 valence electrons. The largest absolute Gasteiger partial charge is 0.363 e. The van der Waals surface area contributed by atoms with Crippen molar-refractivity contribution in [3.63, 3.8) is 0 Å². The lowest BCUT2D eigenvalue weighted by Gasteiger charge is -2.13. The number of anilines is 4. The topological polar surface area (TPSA) is 143 Å². The molecule has 0 saturated heterocycles. The summed E-state index contributed by atoms with van der Waals surface area (Å²) in [4.78, 5) is 29.5. The Balaban J connectivity index is 1.56. The van der Waals surface area contributed by atoms with Crippen molar-refractivity contribution in [1.82, 2.24) is 25.3 Å². The minimum atomic E-state index is -0.257. The van der Waals surface area contributed by atoms with E-state index < -0.39 is 0 Å². The number of benzene rings is 1. The van der Waals surface area contributed by atoms with Gasteiger partial charge in [-0.15, -0.1) is 0 Å². The van der Waals surface area contributed by atoms with Crippen LogP contribution in [0.3, 0.4) is 0 Å². The molecule has 0 radical (unpaired) electrons. The van der Waals surface area contributed by atoms with Gasteiger partial charge in [-0.05, 0) is 35.9 Å². The maximum Gasteiger partial charge on any atom is 0.254 e. The Hall–Kier alpha value is -4.31. The number of carbonyl (C=O) groups excluding carboxylic acids is 1. The van der Waals surface area contributed by atoms with E-state index in [9.17, 15) is 4.79 Å². The monoisotopic (exact) mass is 415 g/mol. The van der Waals surface area contributed by atoms with E-state index >= 15 is 0 Å². The van der Waals surface area contributed by atoms with Crippen LogP contribution < -0.4 is 27.2 Å². The third-order valence-corrected chi connectivity index (χ3v) is 4.56. The molecule has 0 unspecified atom stereocenters. The summed E-state index contributed by atoms with van der Waals surface area (Å²) in [6, 6.07) is 13.3. The summed E-state index contributed by atoms with van der Waals surface area (Å²) in [6.07, 6.45) is 4.86. The van der Waals surface area contributed by atoms with E-state index in [4.69, 9.17) is 5.84 Å². The predicted octanol–water partition coefficient (Wildman–Crippen LogP) is 2.42. The van der Waals surface area contributed by atoms with Crippen LogP contribution in [0.1, 0.15) is 15.9 Å². The van der Waals surface area contributed by atoms with Gasteiger partial charge in [0, 0.05) is 31.4 Å². The highest BCUT2D eigenvalue weighted by Crippen LogP contribution is 2.22. The van der Waals surface area contributed by atoms with Gasteiger partial charge in [-0.25, -0.2) is 20.8 Å². The highest BCUT2D eigenvalue weighted by atomic mass is 16.1. The number of rotatable bonds is 7. The Labute approximate surface area is 178 Å². The fourth-order valence-corrected chi connectivity index (χ4v) is 3.04. The quantitative estimate of drug-likeness (QED) is 0.227. The van der Waals surface area contributed by atoms with Crippen LogP contribution in [0.2, 0.25) is 0 Å². The number of amides is 1. The molecule has 0 fully saturated rings. The molecule has 10 nitrogen and oxygen atoms in total. The van der Waals surface area contributed by atoms with Crippen LogP contribution in [0.15, 0.2) is 61.1 Å².